The van der Waals surface area contributed by atoms with Crippen molar-refractivity contribution in [2.45, 2.75) is 25.7 Å². The number of H-pyrrole nitrogens is 1. The van der Waals surface area contributed by atoms with Crippen molar-refractivity contribution in [2.75, 3.05) is 0 Å². The van der Waals surface area contributed by atoms with E-state index in [1.807, 2.05) is 0 Å². The molecule has 0 amide bonds. The molecule has 108 valence electrons. The van der Waals surface area contributed by atoms with Gasteiger partial charge in [-0.2, -0.15) is 0 Å². The summed E-state index contributed by atoms with van der Waals surface area (Å²) >= 11 is 3.25. The number of rotatable bonds is 2. The number of nitrogens with zero attached hydrogens (tertiary/aromatic N) is 1. The number of aromatic nitrogens is 2. The molecule has 0 bridgehead atoms. The first-order chi connectivity index (χ1) is 10.1. The molecule has 0 aliphatic heterocycles. The first kappa shape index (κ1) is 14.0. The molecule has 6 heteroatoms. The molecule has 3 rings (SSSR count). The average Bonchev–Trinajstić information content (AvgIpc) is 2.46. The number of aromatic amines is 1. The van der Waals surface area contributed by atoms with Crippen molar-refractivity contribution in [1.29, 1.82) is 0 Å². The molecule has 0 unspecified atom stereocenters. The van der Waals surface area contributed by atoms with E-state index in [1.165, 1.54) is 6.20 Å². The van der Waals surface area contributed by atoms with E-state index in [2.05, 4.69) is 25.9 Å². The van der Waals surface area contributed by atoms with Gasteiger partial charge in [-0.1, -0.05) is 0 Å². The number of aryl methyl sites for hydroxylation is 2. The van der Waals surface area contributed by atoms with Crippen LogP contribution in [-0.4, -0.2) is 15.9 Å². The molecule has 0 atom stereocenters. The quantitative estimate of drug-likeness (QED) is 0.846. The van der Waals surface area contributed by atoms with E-state index in [0.29, 0.717) is 10.2 Å². The van der Waals surface area contributed by atoms with Crippen molar-refractivity contribution < 1.29 is 9.53 Å². The number of hydrogen-bond acceptors (Lipinski definition) is 4. The minimum absolute atomic E-state index is 0.0376. The van der Waals surface area contributed by atoms with Gasteiger partial charge in [0, 0.05) is 16.4 Å². The molecule has 1 aliphatic rings. The summed E-state index contributed by atoms with van der Waals surface area (Å²) in [5.74, 6) is -0.365. The van der Waals surface area contributed by atoms with Crippen LogP contribution in [0.25, 0.3) is 0 Å². The molecule has 0 spiro atoms. The average molecular weight is 349 g/mol. The largest absolute Gasteiger partial charge is 0.421 e. The number of carbonyl (C=O) groups excluding carboxylic acids is 1. The predicted molar refractivity (Wildman–Crippen MR) is 80.6 cm³/mol. The van der Waals surface area contributed by atoms with E-state index < -0.39 is 11.5 Å². The number of ether oxygens (including phenoxy) is 1. The third-order valence-corrected chi connectivity index (χ3v) is 3.88. The summed E-state index contributed by atoms with van der Waals surface area (Å²) in [5, 5.41) is 0. The van der Waals surface area contributed by atoms with Gasteiger partial charge in [0.05, 0.1) is 6.20 Å². The fourth-order valence-electron chi connectivity index (χ4n) is 2.44. The molecule has 0 saturated carbocycles. The molecule has 0 radical (unpaired) electrons. The van der Waals surface area contributed by atoms with Crippen LogP contribution in [0.1, 0.15) is 34.5 Å². The third kappa shape index (κ3) is 3.05. The predicted octanol–water partition coefficient (Wildman–Crippen LogP) is 2.63. The van der Waals surface area contributed by atoms with Crippen LogP contribution in [0.15, 0.2) is 33.8 Å². The Bertz CT molecular complexity index is 755. The summed E-state index contributed by atoms with van der Waals surface area (Å²) in [6, 6.07) is 3.28. The zero-order valence-corrected chi connectivity index (χ0v) is 12.8. The molecular weight excluding hydrogens is 336 g/mol. The van der Waals surface area contributed by atoms with Crippen LogP contribution in [0.2, 0.25) is 0 Å². The summed E-state index contributed by atoms with van der Waals surface area (Å²) in [4.78, 5) is 30.9. The van der Waals surface area contributed by atoms with Gasteiger partial charge in [-0.3, -0.25) is 9.78 Å². The summed E-state index contributed by atoms with van der Waals surface area (Å²) in [7, 11) is 0. The number of fused-ring (bicyclic) bond motifs is 1. The van der Waals surface area contributed by atoms with E-state index >= 15 is 0 Å². The van der Waals surface area contributed by atoms with Crippen LogP contribution < -0.4 is 10.3 Å². The number of carbonyl (C=O) groups is 1. The smallest absolute Gasteiger partial charge is 0.349 e. The summed E-state index contributed by atoms with van der Waals surface area (Å²) in [6.07, 6.45) is 6.89. The second kappa shape index (κ2) is 5.81. The number of hydrogen-bond donors (Lipinski definition) is 1. The van der Waals surface area contributed by atoms with Gasteiger partial charge < -0.3 is 9.72 Å². The lowest BCUT2D eigenvalue weighted by molar-refractivity contribution is 0.0732. The molecule has 21 heavy (non-hydrogen) atoms. The fraction of sp³-hybridized carbons (Fsp3) is 0.267. The van der Waals surface area contributed by atoms with E-state index in [4.69, 9.17) is 4.74 Å². The Labute approximate surface area is 129 Å². The number of halogens is 1. The lowest BCUT2D eigenvalue weighted by Crippen LogP contribution is -2.25. The second-order valence-electron chi connectivity index (χ2n) is 4.95. The lowest BCUT2D eigenvalue weighted by Gasteiger charge is -2.15. The van der Waals surface area contributed by atoms with Gasteiger partial charge in [0.25, 0.3) is 5.56 Å². The van der Waals surface area contributed by atoms with Crippen LogP contribution >= 0.6 is 15.9 Å². The Morgan fingerprint density at radius 2 is 2.05 bits per heavy atom. The lowest BCUT2D eigenvalue weighted by atomic mass is 9.95. The molecule has 5 nitrogen and oxygen atoms in total. The van der Waals surface area contributed by atoms with E-state index in [-0.39, 0.29) is 5.56 Å². The Morgan fingerprint density at radius 1 is 1.24 bits per heavy atom. The number of esters is 1. The number of pyridine rings is 2. The van der Waals surface area contributed by atoms with Crippen molar-refractivity contribution in [3.63, 3.8) is 0 Å². The molecular formula is C15H13BrN2O3. The van der Waals surface area contributed by atoms with Crippen LogP contribution in [0.4, 0.5) is 0 Å². The van der Waals surface area contributed by atoms with Gasteiger partial charge >= 0.3 is 5.97 Å². The minimum atomic E-state index is -0.662. The molecule has 2 heterocycles. The van der Waals surface area contributed by atoms with Gasteiger partial charge in [-0.05, 0) is 59.3 Å². The van der Waals surface area contributed by atoms with Crippen LogP contribution in [0.3, 0.4) is 0 Å². The highest BCUT2D eigenvalue weighted by atomic mass is 79.9. The fourth-order valence-corrected chi connectivity index (χ4v) is 2.78. The van der Waals surface area contributed by atoms with Gasteiger partial charge in [-0.25, -0.2) is 4.79 Å². The maximum absolute atomic E-state index is 12.1. The Hall–Kier alpha value is -1.95. The molecule has 1 N–H and O–H groups in total. The molecule has 1 aliphatic carbocycles. The van der Waals surface area contributed by atoms with Crippen LogP contribution in [0.5, 0.6) is 5.75 Å². The number of nitrogens with one attached hydrogen (secondary N) is 1. The maximum Gasteiger partial charge on any atom is 0.349 e. The Kier molecular flexibility index (Phi) is 3.88. The van der Waals surface area contributed by atoms with Crippen LogP contribution in [-0.2, 0) is 12.8 Å². The van der Waals surface area contributed by atoms with E-state index in [0.717, 1.165) is 36.9 Å². The minimum Gasteiger partial charge on any atom is -0.421 e. The maximum atomic E-state index is 12.1. The zero-order valence-electron chi connectivity index (χ0n) is 11.2. The van der Waals surface area contributed by atoms with Crippen molar-refractivity contribution in [3.8, 4) is 5.75 Å². The van der Waals surface area contributed by atoms with Gasteiger partial charge in [0.15, 0.2) is 5.75 Å². The first-order valence-corrected chi connectivity index (χ1v) is 7.50. The normalized spacial score (nSPS) is 13.6. The van der Waals surface area contributed by atoms with Gasteiger partial charge in [0.1, 0.15) is 5.56 Å². The Morgan fingerprint density at radius 3 is 2.86 bits per heavy atom. The molecule has 0 aromatic carbocycles. The SMILES string of the molecule is O=C(Oc1cncc(Br)c1)c1cc2c([nH]c1=O)CCCC2. The van der Waals surface area contributed by atoms with E-state index in [1.54, 1.807) is 18.3 Å². The summed E-state index contributed by atoms with van der Waals surface area (Å²) < 4.78 is 5.90. The zero-order chi connectivity index (χ0) is 14.8. The molecule has 0 fully saturated rings. The topological polar surface area (TPSA) is 72.0 Å². The molecule has 0 saturated heterocycles. The van der Waals surface area contributed by atoms with Crippen LogP contribution in [0, 0.1) is 0 Å². The molecule has 2 aromatic heterocycles. The first-order valence-electron chi connectivity index (χ1n) is 6.71. The van der Waals surface area contributed by atoms with Crippen molar-refractivity contribution in [3.05, 3.63) is 56.2 Å². The standard InChI is InChI=1S/C15H13BrN2O3/c16-10-6-11(8-17-7-10)21-15(20)12-5-9-3-1-2-4-13(9)18-14(12)19/h5-8H,1-4H2,(H,18,19). The highest BCUT2D eigenvalue weighted by Gasteiger charge is 2.18. The Balaban J connectivity index is 1.89. The monoisotopic (exact) mass is 348 g/mol. The van der Waals surface area contributed by atoms with Gasteiger partial charge in [0.2, 0.25) is 0 Å². The summed E-state index contributed by atoms with van der Waals surface area (Å²) in [6.45, 7) is 0. The highest BCUT2D eigenvalue weighted by Crippen LogP contribution is 2.20. The second-order valence-corrected chi connectivity index (χ2v) is 5.87. The summed E-state index contributed by atoms with van der Waals surface area (Å²) in [5.41, 5.74) is 1.60. The van der Waals surface area contributed by atoms with Gasteiger partial charge in [-0.15, -0.1) is 0 Å². The third-order valence-electron chi connectivity index (χ3n) is 3.45. The van der Waals surface area contributed by atoms with E-state index in [9.17, 15) is 9.59 Å². The molecule has 2 aromatic rings. The van der Waals surface area contributed by atoms with Crippen molar-refractivity contribution in [1.82, 2.24) is 9.97 Å². The van der Waals surface area contributed by atoms with Crippen molar-refractivity contribution in [2.24, 2.45) is 0 Å². The van der Waals surface area contributed by atoms with Crippen molar-refractivity contribution >= 4 is 21.9 Å². The highest BCUT2D eigenvalue weighted by molar-refractivity contribution is 9.10.